The monoisotopic (exact) mass is 327 g/mol. The molecule has 0 saturated carbocycles. The van der Waals surface area contributed by atoms with Gasteiger partial charge in [-0.05, 0) is 48.7 Å². The Kier molecular flexibility index (Phi) is 5.45. The minimum Gasteiger partial charge on any atom is -0.455 e. The van der Waals surface area contributed by atoms with Crippen LogP contribution in [0.3, 0.4) is 0 Å². The van der Waals surface area contributed by atoms with Gasteiger partial charge in [0.1, 0.15) is 17.3 Å². The van der Waals surface area contributed by atoms with Crippen molar-refractivity contribution >= 4 is 23.2 Å². The first-order valence-corrected chi connectivity index (χ1v) is 7.42. The molecule has 112 valence electrons. The minimum absolute atomic E-state index is 0.0519. The fourth-order valence-electron chi connectivity index (χ4n) is 1.91. The van der Waals surface area contributed by atoms with E-state index in [9.17, 15) is 4.39 Å². The molecule has 2 aromatic rings. The average Bonchev–Trinajstić information content (AvgIpc) is 2.45. The first-order chi connectivity index (χ1) is 9.99. The summed E-state index contributed by atoms with van der Waals surface area (Å²) in [5, 5.41) is 0.956. The van der Waals surface area contributed by atoms with Crippen molar-refractivity contribution in [1.82, 2.24) is 0 Å². The summed E-state index contributed by atoms with van der Waals surface area (Å²) in [5.41, 5.74) is 6.65. The van der Waals surface area contributed by atoms with Crippen LogP contribution in [0.25, 0.3) is 0 Å². The van der Waals surface area contributed by atoms with Gasteiger partial charge in [-0.1, -0.05) is 30.1 Å². The molecule has 0 aliphatic carbocycles. The number of ether oxygens (including phenoxy) is 1. The van der Waals surface area contributed by atoms with Crippen molar-refractivity contribution in [2.24, 2.45) is 5.73 Å². The Morgan fingerprint density at radius 1 is 1.14 bits per heavy atom. The van der Waals surface area contributed by atoms with Gasteiger partial charge in [0.25, 0.3) is 0 Å². The lowest BCUT2D eigenvalue weighted by Gasteiger charge is -2.15. The van der Waals surface area contributed by atoms with E-state index in [2.05, 4.69) is 0 Å². The highest BCUT2D eigenvalue weighted by molar-refractivity contribution is 6.34. The molecule has 0 aliphatic rings. The third-order valence-electron chi connectivity index (χ3n) is 3.14. The Morgan fingerprint density at radius 2 is 1.90 bits per heavy atom. The van der Waals surface area contributed by atoms with Gasteiger partial charge in [-0.15, -0.1) is 0 Å². The molecule has 2 rings (SSSR count). The maximum atomic E-state index is 13.4. The highest BCUT2D eigenvalue weighted by Gasteiger charge is 2.12. The van der Waals surface area contributed by atoms with E-state index in [1.54, 1.807) is 24.3 Å². The maximum absolute atomic E-state index is 13.4. The molecule has 0 aliphatic heterocycles. The second-order valence-electron chi connectivity index (χ2n) is 4.80. The summed E-state index contributed by atoms with van der Waals surface area (Å²) in [6.07, 6.45) is 1.33. The molecule has 0 bridgehead atoms. The molecular weight excluding hydrogens is 312 g/mol. The number of benzene rings is 2. The quantitative estimate of drug-likeness (QED) is 0.818. The molecule has 0 spiro atoms. The van der Waals surface area contributed by atoms with Crippen molar-refractivity contribution in [2.75, 3.05) is 0 Å². The van der Waals surface area contributed by atoms with E-state index in [1.165, 1.54) is 12.1 Å². The summed E-state index contributed by atoms with van der Waals surface area (Å²) in [4.78, 5) is 0. The predicted octanol–water partition coefficient (Wildman–Crippen LogP) is 5.20. The predicted molar refractivity (Wildman–Crippen MR) is 84.9 cm³/mol. The van der Waals surface area contributed by atoms with E-state index in [0.29, 0.717) is 33.5 Å². The van der Waals surface area contributed by atoms with E-state index in [0.717, 1.165) is 6.42 Å². The second kappa shape index (κ2) is 7.12. The Hall–Kier alpha value is -1.29. The number of hydrogen-bond donors (Lipinski definition) is 1. The van der Waals surface area contributed by atoms with Gasteiger partial charge in [-0.2, -0.15) is 0 Å². The normalized spacial score (nSPS) is 12.2. The Bertz CT molecular complexity index is 634. The highest BCUT2D eigenvalue weighted by atomic mass is 35.5. The van der Waals surface area contributed by atoms with Crippen molar-refractivity contribution in [3.63, 3.8) is 0 Å². The highest BCUT2D eigenvalue weighted by Crippen LogP contribution is 2.34. The molecule has 21 heavy (non-hydrogen) atoms. The zero-order chi connectivity index (χ0) is 15.4. The Labute approximate surface area is 133 Å². The van der Waals surface area contributed by atoms with Gasteiger partial charge < -0.3 is 10.5 Å². The van der Waals surface area contributed by atoms with Crippen molar-refractivity contribution < 1.29 is 9.13 Å². The summed E-state index contributed by atoms with van der Waals surface area (Å²) in [5.74, 6) is 0.643. The van der Waals surface area contributed by atoms with Crippen LogP contribution in [0.1, 0.15) is 18.9 Å². The van der Waals surface area contributed by atoms with E-state index in [1.807, 2.05) is 6.92 Å². The SMILES string of the molecule is CCC(N)Cc1cc(F)ccc1Oc1cc(Cl)ccc1Cl. The van der Waals surface area contributed by atoms with Gasteiger partial charge in [0.15, 0.2) is 0 Å². The first kappa shape index (κ1) is 16.1. The van der Waals surface area contributed by atoms with Crippen LogP contribution in [-0.4, -0.2) is 6.04 Å². The largest absolute Gasteiger partial charge is 0.455 e. The lowest BCUT2D eigenvalue weighted by molar-refractivity contribution is 0.469. The number of halogens is 3. The fourth-order valence-corrected chi connectivity index (χ4v) is 2.23. The molecule has 0 aromatic heterocycles. The molecule has 5 heteroatoms. The first-order valence-electron chi connectivity index (χ1n) is 6.66. The van der Waals surface area contributed by atoms with Crippen LogP contribution in [0.4, 0.5) is 4.39 Å². The van der Waals surface area contributed by atoms with Crippen molar-refractivity contribution in [2.45, 2.75) is 25.8 Å². The molecule has 2 N–H and O–H groups in total. The van der Waals surface area contributed by atoms with Crippen molar-refractivity contribution in [3.05, 3.63) is 57.8 Å². The summed E-state index contributed by atoms with van der Waals surface area (Å²) in [6, 6.07) is 9.25. The molecule has 0 heterocycles. The fraction of sp³-hybridized carbons (Fsp3) is 0.250. The number of hydrogen-bond acceptors (Lipinski definition) is 2. The number of rotatable bonds is 5. The summed E-state index contributed by atoms with van der Waals surface area (Å²) < 4.78 is 19.2. The molecule has 0 fully saturated rings. The van der Waals surface area contributed by atoms with Gasteiger partial charge in [-0.25, -0.2) is 4.39 Å². The molecular formula is C16H16Cl2FNO. The van der Waals surface area contributed by atoms with Crippen LogP contribution in [0.2, 0.25) is 10.0 Å². The number of nitrogens with two attached hydrogens (primary N) is 1. The minimum atomic E-state index is -0.321. The molecule has 0 radical (unpaired) electrons. The van der Waals surface area contributed by atoms with Crippen LogP contribution in [0.15, 0.2) is 36.4 Å². The van der Waals surface area contributed by atoms with Crippen LogP contribution in [0.5, 0.6) is 11.5 Å². The molecule has 2 nitrogen and oxygen atoms in total. The molecule has 1 unspecified atom stereocenters. The van der Waals surface area contributed by atoms with Crippen molar-refractivity contribution in [3.8, 4) is 11.5 Å². The zero-order valence-corrected chi connectivity index (χ0v) is 13.1. The summed E-state index contributed by atoms with van der Waals surface area (Å²) in [6.45, 7) is 1.98. The van der Waals surface area contributed by atoms with Gasteiger partial charge >= 0.3 is 0 Å². The third-order valence-corrected chi connectivity index (χ3v) is 3.69. The standard InChI is InChI=1S/C16H16Cl2FNO/c1-2-13(20)8-10-7-12(19)4-6-15(10)21-16-9-11(17)3-5-14(16)18/h3-7,9,13H,2,8,20H2,1H3. The van der Waals surface area contributed by atoms with Crippen LogP contribution < -0.4 is 10.5 Å². The van der Waals surface area contributed by atoms with Gasteiger partial charge in [0.2, 0.25) is 0 Å². The lowest BCUT2D eigenvalue weighted by atomic mass is 10.0. The van der Waals surface area contributed by atoms with Crippen LogP contribution >= 0.6 is 23.2 Å². The van der Waals surface area contributed by atoms with E-state index in [-0.39, 0.29) is 11.9 Å². The average molecular weight is 328 g/mol. The van der Waals surface area contributed by atoms with Crippen LogP contribution in [-0.2, 0) is 6.42 Å². The Balaban J connectivity index is 2.32. The van der Waals surface area contributed by atoms with Crippen molar-refractivity contribution in [1.29, 1.82) is 0 Å². The molecule has 2 aromatic carbocycles. The zero-order valence-electron chi connectivity index (χ0n) is 11.6. The summed E-state index contributed by atoms with van der Waals surface area (Å²) >= 11 is 12.0. The van der Waals surface area contributed by atoms with E-state index >= 15 is 0 Å². The second-order valence-corrected chi connectivity index (χ2v) is 5.64. The van der Waals surface area contributed by atoms with Gasteiger partial charge in [-0.3, -0.25) is 0 Å². The third kappa shape index (κ3) is 4.34. The molecule has 0 saturated heterocycles. The smallest absolute Gasteiger partial charge is 0.147 e. The maximum Gasteiger partial charge on any atom is 0.147 e. The molecule has 1 atom stereocenters. The molecule has 0 amide bonds. The van der Waals surface area contributed by atoms with Crippen LogP contribution in [0, 0.1) is 5.82 Å². The Morgan fingerprint density at radius 3 is 2.62 bits per heavy atom. The van der Waals surface area contributed by atoms with Gasteiger partial charge in [0, 0.05) is 17.1 Å². The topological polar surface area (TPSA) is 35.2 Å². The summed E-state index contributed by atoms with van der Waals surface area (Å²) in [7, 11) is 0. The van der Waals surface area contributed by atoms with E-state index < -0.39 is 0 Å². The van der Waals surface area contributed by atoms with Gasteiger partial charge in [0.05, 0.1) is 5.02 Å². The lowest BCUT2D eigenvalue weighted by Crippen LogP contribution is -2.21. The van der Waals surface area contributed by atoms with E-state index in [4.69, 9.17) is 33.7 Å².